The lowest BCUT2D eigenvalue weighted by molar-refractivity contribution is 1.32. The van der Waals surface area contributed by atoms with Crippen LogP contribution in [0, 0.1) is 0 Å². The lowest BCUT2D eigenvalue weighted by atomic mass is 10.3. The van der Waals surface area contributed by atoms with Gasteiger partial charge in [0.2, 0.25) is 0 Å². The summed E-state index contributed by atoms with van der Waals surface area (Å²) in [5, 5.41) is 4.16. The van der Waals surface area contributed by atoms with Gasteiger partial charge in [-0.15, -0.1) is 0 Å². The van der Waals surface area contributed by atoms with Crippen molar-refractivity contribution in [1.29, 1.82) is 0 Å². The van der Waals surface area contributed by atoms with Crippen molar-refractivity contribution in [2.24, 2.45) is 0 Å². The van der Waals surface area contributed by atoms with Gasteiger partial charge in [-0.25, -0.2) is 0 Å². The Balaban J connectivity index is 2.24. The third kappa shape index (κ3) is 2.56. The molecule has 0 atom stereocenters. The number of nitrogen functional groups attached to an aromatic ring is 1. The van der Waals surface area contributed by atoms with Crippen LogP contribution in [0.5, 0.6) is 0 Å². The SMILES string of the molecule is Nc1cncc(Nc2ccc(Cl)c(Cl)c2)c1. The molecule has 1 aromatic carbocycles. The average Bonchev–Trinajstić information content (AvgIpc) is 2.24. The van der Waals surface area contributed by atoms with E-state index in [1.54, 1.807) is 30.6 Å². The van der Waals surface area contributed by atoms with Crippen molar-refractivity contribution >= 4 is 40.3 Å². The van der Waals surface area contributed by atoms with Crippen LogP contribution < -0.4 is 11.1 Å². The molecule has 0 amide bonds. The Morgan fingerprint density at radius 1 is 1.00 bits per heavy atom. The predicted molar refractivity (Wildman–Crippen MR) is 68.4 cm³/mol. The van der Waals surface area contributed by atoms with Crippen LogP contribution in [0.4, 0.5) is 17.1 Å². The molecule has 0 unspecified atom stereocenters. The number of rotatable bonds is 2. The fourth-order valence-electron chi connectivity index (χ4n) is 1.27. The molecule has 2 aromatic rings. The summed E-state index contributed by atoms with van der Waals surface area (Å²) in [4.78, 5) is 3.97. The van der Waals surface area contributed by atoms with Crippen molar-refractivity contribution in [2.75, 3.05) is 11.1 Å². The highest BCUT2D eigenvalue weighted by Crippen LogP contribution is 2.27. The second-order valence-corrected chi connectivity index (χ2v) is 4.08. The molecule has 1 heterocycles. The van der Waals surface area contributed by atoms with Gasteiger partial charge in [-0.3, -0.25) is 4.98 Å². The van der Waals surface area contributed by atoms with Crippen molar-refractivity contribution in [3.8, 4) is 0 Å². The first kappa shape index (κ1) is 11.0. The summed E-state index contributed by atoms with van der Waals surface area (Å²) < 4.78 is 0. The van der Waals surface area contributed by atoms with E-state index in [1.807, 2.05) is 6.07 Å². The first-order valence-corrected chi connectivity index (χ1v) is 5.33. The standard InChI is InChI=1S/C11H9Cl2N3/c12-10-2-1-8(4-11(10)13)16-9-3-7(14)5-15-6-9/h1-6,16H,14H2. The summed E-state index contributed by atoms with van der Waals surface area (Å²) in [6.45, 7) is 0. The number of aromatic nitrogens is 1. The van der Waals surface area contributed by atoms with Crippen LogP contribution in [-0.2, 0) is 0 Å². The Hall–Kier alpha value is -1.45. The van der Waals surface area contributed by atoms with E-state index in [9.17, 15) is 0 Å². The minimum absolute atomic E-state index is 0.503. The van der Waals surface area contributed by atoms with E-state index >= 15 is 0 Å². The summed E-state index contributed by atoms with van der Waals surface area (Å²) in [6, 6.07) is 7.09. The largest absolute Gasteiger partial charge is 0.397 e. The van der Waals surface area contributed by atoms with Crippen LogP contribution in [0.2, 0.25) is 10.0 Å². The molecule has 0 saturated heterocycles. The summed E-state index contributed by atoms with van der Waals surface area (Å²) >= 11 is 11.7. The molecule has 0 aliphatic heterocycles. The second kappa shape index (κ2) is 4.60. The maximum Gasteiger partial charge on any atom is 0.0612 e. The lowest BCUT2D eigenvalue weighted by Crippen LogP contribution is -1.93. The van der Waals surface area contributed by atoms with Gasteiger partial charge in [0.25, 0.3) is 0 Å². The molecule has 3 N–H and O–H groups in total. The molecular weight excluding hydrogens is 245 g/mol. The Bertz CT molecular complexity index is 514. The van der Waals surface area contributed by atoms with Crippen molar-refractivity contribution in [3.05, 3.63) is 46.7 Å². The van der Waals surface area contributed by atoms with Crippen LogP contribution in [0.1, 0.15) is 0 Å². The fraction of sp³-hybridized carbons (Fsp3) is 0. The van der Waals surface area contributed by atoms with Crippen LogP contribution >= 0.6 is 23.2 Å². The summed E-state index contributed by atoms with van der Waals surface area (Å²) in [6.07, 6.45) is 3.26. The normalized spacial score (nSPS) is 10.1. The molecule has 0 aliphatic rings. The van der Waals surface area contributed by atoms with Crippen molar-refractivity contribution in [3.63, 3.8) is 0 Å². The highest BCUT2D eigenvalue weighted by atomic mass is 35.5. The van der Waals surface area contributed by atoms with E-state index < -0.39 is 0 Å². The van der Waals surface area contributed by atoms with E-state index in [0.717, 1.165) is 11.4 Å². The van der Waals surface area contributed by atoms with E-state index in [0.29, 0.717) is 15.7 Å². The predicted octanol–water partition coefficient (Wildman–Crippen LogP) is 3.71. The van der Waals surface area contributed by atoms with Crippen molar-refractivity contribution < 1.29 is 0 Å². The number of pyridine rings is 1. The number of benzene rings is 1. The molecule has 0 fully saturated rings. The topological polar surface area (TPSA) is 50.9 Å². The molecule has 1 aromatic heterocycles. The van der Waals surface area contributed by atoms with Crippen LogP contribution in [-0.4, -0.2) is 4.98 Å². The summed E-state index contributed by atoms with van der Waals surface area (Å²) in [5.74, 6) is 0. The van der Waals surface area contributed by atoms with Gasteiger partial charge in [-0.2, -0.15) is 0 Å². The fourth-order valence-corrected chi connectivity index (χ4v) is 1.56. The van der Waals surface area contributed by atoms with E-state index in [2.05, 4.69) is 10.3 Å². The Morgan fingerprint density at radius 2 is 1.81 bits per heavy atom. The van der Waals surface area contributed by atoms with Crippen molar-refractivity contribution in [2.45, 2.75) is 0 Å². The third-order valence-corrected chi connectivity index (χ3v) is 2.71. The van der Waals surface area contributed by atoms with E-state index in [4.69, 9.17) is 28.9 Å². The molecule has 0 spiro atoms. The average molecular weight is 254 g/mol. The second-order valence-electron chi connectivity index (χ2n) is 3.26. The summed E-state index contributed by atoms with van der Waals surface area (Å²) in [5.41, 5.74) is 7.86. The number of hydrogen-bond donors (Lipinski definition) is 2. The van der Waals surface area contributed by atoms with Gasteiger partial charge in [0, 0.05) is 11.9 Å². The zero-order valence-corrected chi connectivity index (χ0v) is 9.76. The number of hydrogen-bond acceptors (Lipinski definition) is 3. The Kier molecular flexibility index (Phi) is 3.17. The minimum Gasteiger partial charge on any atom is -0.397 e. The molecule has 0 aliphatic carbocycles. The molecule has 16 heavy (non-hydrogen) atoms. The first-order valence-electron chi connectivity index (χ1n) is 4.58. The van der Waals surface area contributed by atoms with Crippen LogP contribution in [0.15, 0.2) is 36.7 Å². The quantitative estimate of drug-likeness (QED) is 0.858. The van der Waals surface area contributed by atoms with E-state index in [-0.39, 0.29) is 0 Å². The molecular formula is C11H9Cl2N3. The monoisotopic (exact) mass is 253 g/mol. The third-order valence-electron chi connectivity index (χ3n) is 1.97. The summed E-state index contributed by atoms with van der Waals surface area (Å²) in [7, 11) is 0. The Morgan fingerprint density at radius 3 is 2.50 bits per heavy atom. The number of halogens is 2. The Labute approximate surface area is 103 Å². The number of nitrogens with two attached hydrogens (primary N) is 1. The van der Waals surface area contributed by atoms with Crippen LogP contribution in [0.25, 0.3) is 0 Å². The maximum atomic E-state index is 5.90. The molecule has 2 rings (SSSR count). The zero-order chi connectivity index (χ0) is 11.5. The van der Waals surface area contributed by atoms with Gasteiger partial charge >= 0.3 is 0 Å². The molecule has 82 valence electrons. The molecule has 3 nitrogen and oxygen atoms in total. The minimum atomic E-state index is 0.503. The molecule has 5 heteroatoms. The maximum absolute atomic E-state index is 5.90. The number of nitrogens with zero attached hydrogens (tertiary/aromatic N) is 1. The zero-order valence-electron chi connectivity index (χ0n) is 8.24. The van der Waals surface area contributed by atoms with Crippen LogP contribution in [0.3, 0.4) is 0 Å². The highest BCUT2D eigenvalue weighted by Gasteiger charge is 2.00. The van der Waals surface area contributed by atoms with Gasteiger partial charge in [-0.1, -0.05) is 23.2 Å². The van der Waals surface area contributed by atoms with Gasteiger partial charge in [-0.05, 0) is 24.3 Å². The van der Waals surface area contributed by atoms with Gasteiger partial charge in [0.05, 0.1) is 27.6 Å². The molecule has 0 saturated carbocycles. The number of anilines is 3. The van der Waals surface area contributed by atoms with Gasteiger partial charge in [0.15, 0.2) is 0 Å². The number of nitrogens with one attached hydrogen (secondary N) is 1. The van der Waals surface area contributed by atoms with Crippen molar-refractivity contribution in [1.82, 2.24) is 4.98 Å². The van der Waals surface area contributed by atoms with E-state index in [1.165, 1.54) is 0 Å². The van der Waals surface area contributed by atoms with Gasteiger partial charge in [0.1, 0.15) is 0 Å². The van der Waals surface area contributed by atoms with Gasteiger partial charge < -0.3 is 11.1 Å². The smallest absolute Gasteiger partial charge is 0.0612 e. The highest BCUT2D eigenvalue weighted by molar-refractivity contribution is 6.42. The molecule has 0 bridgehead atoms. The lowest BCUT2D eigenvalue weighted by Gasteiger charge is -2.07. The first-order chi connectivity index (χ1) is 7.65. The molecule has 0 radical (unpaired) electrons.